The van der Waals surface area contributed by atoms with Gasteiger partial charge in [0.15, 0.2) is 5.43 Å². The summed E-state index contributed by atoms with van der Waals surface area (Å²) in [7, 11) is 0. The first-order chi connectivity index (χ1) is 15.5. The van der Waals surface area contributed by atoms with Gasteiger partial charge in [-0.3, -0.25) is 4.79 Å². The van der Waals surface area contributed by atoms with Crippen LogP contribution in [0.1, 0.15) is 58.2 Å². The second kappa shape index (κ2) is 11.5. The lowest BCUT2D eigenvalue weighted by Crippen LogP contribution is -2.06. The third-order valence-corrected chi connectivity index (χ3v) is 5.40. The van der Waals surface area contributed by atoms with E-state index in [1.54, 1.807) is 6.07 Å². The first-order valence-electron chi connectivity index (χ1n) is 11.9. The molecule has 0 saturated carbocycles. The van der Waals surface area contributed by atoms with Crippen molar-refractivity contribution in [2.75, 3.05) is 11.9 Å². The van der Waals surface area contributed by atoms with Crippen LogP contribution in [0.25, 0.3) is 33.4 Å². The third-order valence-electron chi connectivity index (χ3n) is 5.40. The van der Waals surface area contributed by atoms with E-state index in [1.165, 1.54) is 16.7 Å². The summed E-state index contributed by atoms with van der Waals surface area (Å²) in [4.78, 5) is 12.3. The van der Waals surface area contributed by atoms with Gasteiger partial charge in [-0.25, -0.2) is 0 Å². The largest absolute Gasteiger partial charge is 0.456 e. The van der Waals surface area contributed by atoms with Crippen molar-refractivity contribution in [2.24, 2.45) is 0 Å². The van der Waals surface area contributed by atoms with Crippen molar-refractivity contribution >= 4 is 16.7 Å². The van der Waals surface area contributed by atoms with Crippen LogP contribution >= 0.6 is 0 Å². The lowest BCUT2D eigenvalue weighted by Gasteiger charge is -2.19. The molecule has 170 valence electrons. The minimum absolute atomic E-state index is 0.00402. The number of benzene rings is 3. The highest BCUT2D eigenvalue weighted by Gasteiger charge is 2.20. The highest BCUT2D eigenvalue weighted by molar-refractivity contribution is 6.03. The second-order valence-corrected chi connectivity index (χ2v) is 7.30. The number of rotatable bonds is 4. The molecule has 0 bridgehead atoms. The zero-order chi connectivity index (χ0) is 23.8. The van der Waals surface area contributed by atoms with E-state index in [4.69, 9.17) is 4.42 Å². The van der Waals surface area contributed by atoms with Gasteiger partial charge in [0.2, 0.25) is 0 Å². The highest BCUT2D eigenvalue weighted by atomic mass is 16.3. The van der Waals surface area contributed by atoms with E-state index in [2.05, 4.69) is 62.5 Å². The molecule has 0 fully saturated rings. The lowest BCUT2D eigenvalue weighted by atomic mass is 9.89. The molecule has 2 aliphatic rings. The number of nitrogens with one attached hydrogen (secondary N) is 1. The topological polar surface area (TPSA) is 42.2 Å². The average molecular weight is 432 g/mol. The van der Waals surface area contributed by atoms with Gasteiger partial charge in [-0.2, -0.15) is 0 Å². The number of fused-ring (bicyclic) bond motifs is 2. The maximum atomic E-state index is 12.3. The molecule has 3 nitrogen and oxygen atoms in total. The zero-order valence-corrected chi connectivity index (χ0v) is 20.8. The van der Waals surface area contributed by atoms with Gasteiger partial charge >= 0.3 is 0 Å². The first kappa shape index (κ1) is 25.2. The predicted molar refractivity (Wildman–Crippen MR) is 140 cm³/mol. The molecule has 0 atom stereocenters. The molecule has 1 N–H and O–H groups in total. The van der Waals surface area contributed by atoms with E-state index in [0.717, 1.165) is 46.3 Å². The second-order valence-electron chi connectivity index (χ2n) is 7.30. The monoisotopic (exact) mass is 431 g/mol. The summed E-state index contributed by atoms with van der Waals surface area (Å²) >= 11 is 0. The van der Waals surface area contributed by atoms with Crippen LogP contribution in [0.15, 0.2) is 57.7 Å². The summed E-state index contributed by atoms with van der Waals surface area (Å²) in [5.41, 5.74) is 8.38. The summed E-state index contributed by atoms with van der Waals surface area (Å²) in [5, 5.41) is 4.47. The number of hydrogen-bond donors (Lipinski definition) is 1. The Labute approximate surface area is 192 Å². The molecular weight excluding hydrogens is 394 g/mol. The first-order valence-corrected chi connectivity index (χ1v) is 11.9. The number of aryl methyl sites for hydroxylation is 3. The van der Waals surface area contributed by atoms with Crippen LogP contribution in [0.3, 0.4) is 0 Å². The minimum Gasteiger partial charge on any atom is -0.456 e. The molecule has 1 heterocycles. The summed E-state index contributed by atoms with van der Waals surface area (Å²) < 4.78 is 6.22. The Balaban J connectivity index is 0.000000860. The summed E-state index contributed by atoms with van der Waals surface area (Å²) in [6, 6.07) is 16.3. The fraction of sp³-hybridized carbons (Fsp3) is 0.345. The Morgan fingerprint density at radius 1 is 0.844 bits per heavy atom. The minimum atomic E-state index is 0.00402. The van der Waals surface area contributed by atoms with Crippen molar-refractivity contribution in [3.05, 3.63) is 75.4 Å². The van der Waals surface area contributed by atoms with Crippen molar-refractivity contribution in [3.63, 3.8) is 0 Å². The van der Waals surface area contributed by atoms with Crippen LogP contribution in [0, 0.1) is 13.8 Å². The summed E-state index contributed by atoms with van der Waals surface area (Å²) in [5.74, 6) is 0.635. The molecule has 0 unspecified atom stereocenters. The number of anilines is 1. The summed E-state index contributed by atoms with van der Waals surface area (Å²) in [6.45, 7) is 17.1. The van der Waals surface area contributed by atoms with Crippen LogP contribution in [0.5, 0.6) is 0 Å². The van der Waals surface area contributed by atoms with Crippen LogP contribution in [-0.4, -0.2) is 6.54 Å². The van der Waals surface area contributed by atoms with Gasteiger partial charge in [0.1, 0.15) is 11.3 Å². The molecule has 32 heavy (non-hydrogen) atoms. The van der Waals surface area contributed by atoms with Gasteiger partial charge in [-0.05, 0) is 61.6 Å². The maximum absolute atomic E-state index is 12.3. The Morgan fingerprint density at radius 3 is 2.19 bits per heavy atom. The molecular formula is C29H37NO2. The molecule has 0 spiro atoms. The van der Waals surface area contributed by atoms with E-state index in [-0.39, 0.29) is 5.43 Å². The molecule has 2 aromatic rings. The quantitative estimate of drug-likeness (QED) is 0.331. The molecule has 1 aliphatic carbocycles. The lowest BCUT2D eigenvalue weighted by molar-refractivity contribution is 0.619. The maximum Gasteiger partial charge on any atom is 0.185 e. The van der Waals surface area contributed by atoms with E-state index in [1.807, 2.05) is 40.7 Å². The average Bonchev–Trinajstić information content (AvgIpc) is 2.82. The van der Waals surface area contributed by atoms with Crippen molar-refractivity contribution in [1.82, 2.24) is 0 Å². The van der Waals surface area contributed by atoms with Gasteiger partial charge in [0.05, 0.1) is 0 Å². The van der Waals surface area contributed by atoms with Crippen molar-refractivity contribution in [1.29, 1.82) is 0 Å². The molecule has 1 aliphatic heterocycles. The van der Waals surface area contributed by atoms with Crippen LogP contribution < -0.4 is 10.7 Å². The van der Waals surface area contributed by atoms with E-state index >= 15 is 0 Å². The van der Waals surface area contributed by atoms with Gasteiger partial charge in [-0.15, -0.1) is 0 Å². The van der Waals surface area contributed by atoms with E-state index < -0.39 is 0 Å². The Kier molecular flexibility index (Phi) is 9.07. The molecule has 0 saturated heterocycles. The Hall–Kier alpha value is -3.07. The Morgan fingerprint density at radius 2 is 1.53 bits per heavy atom. The van der Waals surface area contributed by atoms with Crippen LogP contribution in [0.4, 0.5) is 5.69 Å². The normalized spacial score (nSPS) is 10.2. The van der Waals surface area contributed by atoms with Gasteiger partial charge in [-0.1, -0.05) is 58.9 Å². The molecule has 0 radical (unpaired) electrons. The zero-order valence-electron chi connectivity index (χ0n) is 20.8. The van der Waals surface area contributed by atoms with E-state index in [0.29, 0.717) is 5.76 Å². The smallest absolute Gasteiger partial charge is 0.185 e. The van der Waals surface area contributed by atoms with E-state index in [9.17, 15) is 4.79 Å². The SMILES string of the molecule is CC.CC.CCNc1cc2oc3cc(=O)c(C)cc-3c(-c3ccccc3CC)c2cc1C. The fourth-order valence-corrected chi connectivity index (χ4v) is 3.92. The Bertz CT molecular complexity index is 1200. The number of hydrogen-bond acceptors (Lipinski definition) is 3. The van der Waals surface area contributed by atoms with Crippen LogP contribution in [-0.2, 0) is 6.42 Å². The molecule has 0 aromatic heterocycles. The van der Waals surface area contributed by atoms with Crippen molar-refractivity contribution < 1.29 is 4.42 Å². The molecule has 2 aromatic carbocycles. The van der Waals surface area contributed by atoms with Gasteiger partial charge in [0, 0.05) is 40.9 Å². The third kappa shape index (κ3) is 4.88. The standard InChI is InChI=1S/C25H25NO2.2C2H6/c1-5-17-9-7-8-10-18(17)25-19-11-15(3)21(26-6-2)13-23(19)28-24-14-22(27)16(4)12-20(24)25;2*1-2/h7-14,26H,5-6H2,1-4H3;2*1-2H3. The van der Waals surface area contributed by atoms with Gasteiger partial charge in [0.25, 0.3) is 0 Å². The van der Waals surface area contributed by atoms with Crippen LogP contribution in [0.2, 0.25) is 0 Å². The molecule has 3 heteroatoms. The van der Waals surface area contributed by atoms with Crippen molar-refractivity contribution in [3.8, 4) is 22.5 Å². The highest BCUT2D eigenvalue weighted by Crippen LogP contribution is 2.42. The van der Waals surface area contributed by atoms with Gasteiger partial charge < -0.3 is 9.73 Å². The molecule has 0 amide bonds. The van der Waals surface area contributed by atoms with Crippen molar-refractivity contribution in [2.45, 2.75) is 61.8 Å². The summed E-state index contributed by atoms with van der Waals surface area (Å²) in [6.07, 6.45) is 0.943. The predicted octanol–water partition coefficient (Wildman–Crippen LogP) is 8.23. The fourth-order valence-electron chi connectivity index (χ4n) is 3.92. The molecule has 4 rings (SSSR count).